The Hall–Kier alpha value is -0.610. The molecule has 0 saturated carbocycles. The van der Waals surface area contributed by atoms with E-state index >= 15 is 0 Å². The van der Waals surface area contributed by atoms with Crippen LogP contribution < -0.4 is 5.73 Å². The topological polar surface area (TPSA) is 55.6 Å². The highest BCUT2D eigenvalue weighted by atomic mass is 16.5. The molecule has 0 bridgehead atoms. The van der Waals surface area contributed by atoms with Gasteiger partial charge in [0.2, 0.25) is 0 Å². The molecule has 4 heteroatoms. The number of esters is 1. The van der Waals surface area contributed by atoms with Crippen LogP contribution in [0, 0.1) is 0 Å². The zero-order chi connectivity index (χ0) is 10.1. The molecule has 4 nitrogen and oxygen atoms in total. The maximum atomic E-state index is 11.4. The van der Waals surface area contributed by atoms with Crippen LogP contribution in [0.2, 0.25) is 0 Å². The standard InChI is InChI=1S/C10H18N2O2/c1-7-8(11)3-2-5-12(7)9-4-6-14-10(9)13/h7-9H,2-6,11H2,1H3/t7-,8-,9?/m1/s1. The molecule has 3 atom stereocenters. The van der Waals surface area contributed by atoms with Gasteiger partial charge in [0.15, 0.2) is 0 Å². The van der Waals surface area contributed by atoms with Crippen LogP contribution in [-0.4, -0.2) is 42.1 Å². The van der Waals surface area contributed by atoms with Crippen molar-refractivity contribution >= 4 is 5.97 Å². The first-order valence-electron chi connectivity index (χ1n) is 5.38. The number of hydrogen-bond donors (Lipinski definition) is 1. The summed E-state index contributed by atoms with van der Waals surface area (Å²) in [7, 11) is 0. The van der Waals surface area contributed by atoms with E-state index in [1.807, 2.05) is 0 Å². The molecule has 2 N–H and O–H groups in total. The molecule has 0 aromatic carbocycles. The lowest BCUT2D eigenvalue weighted by atomic mass is 9.96. The Labute approximate surface area is 84.4 Å². The number of hydrogen-bond acceptors (Lipinski definition) is 4. The highest BCUT2D eigenvalue weighted by Gasteiger charge is 2.37. The van der Waals surface area contributed by atoms with Crippen LogP contribution in [0.25, 0.3) is 0 Å². The van der Waals surface area contributed by atoms with Gasteiger partial charge in [-0.05, 0) is 26.3 Å². The fourth-order valence-corrected chi connectivity index (χ4v) is 2.43. The fraction of sp³-hybridized carbons (Fsp3) is 0.900. The van der Waals surface area contributed by atoms with Crippen molar-refractivity contribution in [3.8, 4) is 0 Å². The first-order chi connectivity index (χ1) is 6.70. The maximum absolute atomic E-state index is 11.4. The Kier molecular flexibility index (Phi) is 2.74. The molecular formula is C10H18N2O2. The summed E-state index contributed by atoms with van der Waals surface area (Å²) in [4.78, 5) is 13.6. The van der Waals surface area contributed by atoms with Crippen LogP contribution in [0.3, 0.4) is 0 Å². The first kappa shape index (κ1) is 9.93. The number of nitrogens with zero attached hydrogens (tertiary/aromatic N) is 1. The van der Waals surface area contributed by atoms with Gasteiger partial charge in [0.1, 0.15) is 6.04 Å². The van der Waals surface area contributed by atoms with Crippen molar-refractivity contribution in [2.75, 3.05) is 13.2 Å². The van der Waals surface area contributed by atoms with E-state index in [-0.39, 0.29) is 18.1 Å². The van der Waals surface area contributed by atoms with E-state index in [4.69, 9.17) is 10.5 Å². The lowest BCUT2D eigenvalue weighted by Crippen LogP contribution is -2.55. The van der Waals surface area contributed by atoms with Crippen LogP contribution in [0.1, 0.15) is 26.2 Å². The molecule has 80 valence electrons. The van der Waals surface area contributed by atoms with E-state index in [0.717, 1.165) is 25.8 Å². The minimum atomic E-state index is -0.0639. The van der Waals surface area contributed by atoms with Crippen molar-refractivity contribution in [3.05, 3.63) is 0 Å². The van der Waals surface area contributed by atoms with E-state index in [1.165, 1.54) is 0 Å². The predicted octanol–water partition coefficient (Wildman–Crippen LogP) is 0.113. The van der Waals surface area contributed by atoms with Crippen LogP contribution in [-0.2, 0) is 9.53 Å². The second-order valence-corrected chi connectivity index (χ2v) is 4.26. The van der Waals surface area contributed by atoms with Crippen molar-refractivity contribution in [1.82, 2.24) is 4.90 Å². The van der Waals surface area contributed by atoms with Crippen molar-refractivity contribution in [2.45, 2.75) is 44.3 Å². The van der Waals surface area contributed by atoms with Gasteiger partial charge in [-0.1, -0.05) is 0 Å². The third-order valence-corrected chi connectivity index (χ3v) is 3.40. The molecule has 2 aliphatic rings. The lowest BCUT2D eigenvalue weighted by molar-refractivity contribution is -0.143. The van der Waals surface area contributed by atoms with Crippen LogP contribution in [0.4, 0.5) is 0 Å². The number of nitrogens with two attached hydrogens (primary N) is 1. The molecule has 0 amide bonds. The Morgan fingerprint density at radius 3 is 2.93 bits per heavy atom. The molecule has 0 radical (unpaired) electrons. The Morgan fingerprint density at radius 1 is 1.50 bits per heavy atom. The third kappa shape index (κ3) is 1.64. The first-order valence-corrected chi connectivity index (χ1v) is 5.38. The molecule has 14 heavy (non-hydrogen) atoms. The SMILES string of the molecule is C[C@@H]1[C@H](N)CCCN1C1CCOC1=O. The predicted molar refractivity (Wildman–Crippen MR) is 52.7 cm³/mol. The zero-order valence-electron chi connectivity index (χ0n) is 8.61. The number of likely N-dealkylation sites (tertiary alicyclic amines) is 1. The summed E-state index contributed by atoms with van der Waals surface area (Å²) in [6.45, 7) is 3.66. The largest absolute Gasteiger partial charge is 0.464 e. The summed E-state index contributed by atoms with van der Waals surface area (Å²) in [5.41, 5.74) is 5.99. The minimum absolute atomic E-state index is 0.0312. The van der Waals surface area contributed by atoms with Gasteiger partial charge in [0.25, 0.3) is 0 Å². The molecule has 2 saturated heterocycles. The van der Waals surface area contributed by atoms with Gasteiger partial charge >= 0.3 is 5.97 Å². The maximum Gasteiger partial charge on any atom is 0.323 e. The van der Waals surface area contributed by atoms with Gasteiger partial charge < -0.3 is 10.5 Å². The Morgan fingerprint density at radius 2 is 2.29 bits per heavy atom. The number of piperidine rings is 1. The Bertz CT molecular complexity index is 232. The van der Waals surface area contributed by atoms with E-state index in [9.17, 15) is 4.79 Å². The molecule has 2 rings (SSSR count). The third-order valence-electron chi connectivity index (χ3n) is 3.40. The van der Waals surface area contributed by atoms with Crippen LogP contribution in [0.15, 0.2) is 0 Å². The number of cyclic esters (lactones) is 1. The number of carbonyl (C=O) groups is 1. The second kappa shape index (κ2) is 3.87. The van der Waals surface area contributed by atoms with E-state index < -0.39 is 0 Å². The molecular weight excluding hydrogens is 180 g/mol. The van der Waals surface area contributed by atoms with Crippen molar-refractivity contribution in [2.24, 2.45) is 5.73 Å². The summed E-state index contributed by atoms with van der Waals surface area (Å²) in [5, 5.41) is 0. The highest BCUT2D eigenvalue weighted by Crippen LogP contribution is 2.23. The van der Waals surface area contributed by atoms with E-state index in [0.29, 0.717) is 12.6 Å². The van der Waals surface area contributed by atoms with Gasteiger partial charge in [-0.15, -0.1) is 0 Å². The van der Waals surface area contributed by atoms with Gasteiger partial charge in [-0.25, -0.2) is 0 Å². The van der Waals surface area contributed by atoms with Crippen LogP contribution in [0.5, 0.6) is 0 Å². The smallest absolute Gasteiger partial charge is 0.323 e. The van der Waals surface area contributed by atoms with E-state index in [1.54, 1.807) is 0 Å². The Balaban J connectivity index is 2.05. The molecule has 0 aromatic heterocycles. The van der Waals surface area contributed by atoms with Gasteiger partial charge in [-0.2, -0.15) is 0 Å². The van der Waals surface area contributed by atoms with Gasteiger partial charge in [-0.3, -0.25) is 9.69 Å². The molecule has 0 spiro atoms. The van der Waals surface area contributed by atoms with Crippen molar-refractivity contribution in [3.63, 3.8) is 0 Å². The molecule has 2 heterocycles. The highest BCUT2D eigenvalue weighted by molar-refractivity contribution is 5.77. The van der Waals surface area contributed by atoms with E-state index in [2.05, 4.69) is 11.8 Å². The second-order valence-electron chi connectivity index (χ2n) is 4.26. The zero-order valence-corrected chi connectivity index (χ0v) is 8.61. The monoisotopic (exact) mass is 198 g/mol. The number of carbonyl (C=O) groups excluding carboxylic acids is 1. The molecule has 2 aliphatic heterocycles. The average molecular weight is 198 g/mol. The normalized spacial score (nSPS) is 39.9. The fourth-order valence-electron chi connectivity index (χ4n) is 2.43. The number of ether oxygens (including phenoxy) is 1. The molecule has 1 unspecified atom stereocenters. The summed E-state index contributed by atoms with van der Waals surface area (Å²) >= 11 is 0. The van der Waals surface area contributed by atoms with Gasteiger partial charge in [0.05, 0.1) is 6.61 Å². The average Bonchev–Trinajstić information content (AvgIpc) is 2.57. The molecule has 0 aliphatic carbocycles. The quantitative estimate of drug-likeness (QED) is 0.608. The minimum Gasteiger partial charge on any atom is -0.464 e. The molecule has 2 fully saturated rings. The lowest BCUT2D eigenvalue weighted by Gasteiger charge is -2.39. The van der Waals surface area contributed by atoms with Crippen molar-refractivity contribution in [1.29, 1.82) is 0 Å². The van der Waals surface area contributed by atoms with Crippen molar-refractivity contribution < 1.29 is 9.53 Å². The van der Waals surface area contributed by atoms with Crippen LogP contribution >= 0.6 is 0 Å². The molecule has 0 aromatic rings. The summed E-state index contributed by atoms with van der Waals surface area (Å²) in [5.74, 6) is -0.0639. The van der Waals surface area contributed by atoms with Gasteiger partial charge in [0, 0.05) is 18.5 Å². The summed E-state index contributed by atoms with van der Waals surface area (Å²) in [6, 6.07) is 0.480. The number of rotatable bonds is 1. The summed E-state index contributed by atoms with van der Waals surface area (Å²) in [6.07, 6.45) is 2.99. The summed E-state index contributed by atoms with van der Waals surface area (Å²) < 4.78 is 4.98.